The van der Waals surface area contributed by atoms with Gasteiger partial charge in [0, 0.05) is 18.2 Å². The van der Waals surface area contributed by atoms with Crippen LogP contribution in [0.15, 0.2) is 6.07 Å². The van der Waals surface area contributed by atoms with Crippen molar-refractivity contribution in [1.82, 2.24) is 4.98 Å². The molecule has 0 saturated heterocycles. The molecule has 3 N–H and O–H groups in total. The number of carbonyl (C=O) groups is 1. The second kappa shape index (κ2) is 4.28. The predicted octanol–water partition coefficient (Wildman–Crippen LogP) is 0.999. The van der Waals surface area contributed by atoms with Crippen LogP contribution in [0, 0.1) is 6.92 Å². The molecule has 4 nitrogen and oxygen atoms in total. The Kier molecular flexibility index (Phi) is 3.30. The lowest BCUT2D eigenvalue weighted by atomic mass is 10.1. The van der Waals surface area contributed by atoms with E-state index in [0.717, 1.165) is 17.7 Å². The highest BCUT2D eigenvalue weighted by molar-refractivity contribution is 5.87. The Morgan fingerprint density at radius 1 is 1.71 bits per heavy atom. The van der Waals surface area contributed by atoms with Gasteiger partial charge in [-0.25, -0.2) is 4.79 Å². The Morgan fingerprint density at radius 2 is 2.36 bits per heavy atom. The number of rotatable bonds is 3. The van der Waals surface area contributed by atoms with Crippen LogP contribution in [-0.4, -0.2) is 24.1 Å². The lowest BCUT2D eigenvalue weighted by molar-refractivity contribution is 0.0594. The van der Waals surface area contributed by atoms with Crippen molar-refractivity contribution in [3.8, 4) is 0 Å². The Morgan fingerprint density at radius 3 is 2.86 bits per heavy atom. The number of aromatic amines is 1. The quantitative estimate of drug-likeness (QED) is 0.709. The number of carbonyl (C=O) groups excluding carboxylic acids is 1. The summed E-state index contributed by atoms with van der Waals surface area (Å²) in [6.45, 7) is 3.87. The van der Waals surface area contributed by atoms with Gasteiger partial charge in [-0.15, -0.1) is 0 Å². The van der Waals surface area contributed by atoms with Crippen LogP contribution < -0.4 is 5.73 Å². The van der Waals surface area contributed by atoms with Crippen LogP contribution in [0.5, 0.6) is 0 Å². The molecule has 0 amide bonds. The molecule has 0 bridgehead atoms. The van der Waals surface area contributed by atoms with E-state index < -0.39 is 0 Å². The maximum absolute atomic E-state index is 11.2. The van der Waals surface area contributed by atoms with E-state index in [4.69, 9.17) is 5.73 Å². The van der Waals surface area contributed by atoms with Gasteiger partial charge in [0.15, 0.2) is 0 Å². The minimum absolute atomic E-state index is 0.0813. The topological polar surface area (TPSA) is 68.1 Å². The van der Waals surface area contributed by atoms with E-state index in [0.29, 0.717) is 5.69 Å². The van der Waals surface area contributed by atoms with Gasteiger partial charge in [-0.2, -0.15) is 0 Å². The number of nitrogens with two attached hydrogens (primary N) is 1. The first-order chi connectivity index (χ1) is 6.54. The largest absolute Gasteiger partial charge is 0.464 e. The molecule has 1 unspecified atom stereocenters. The second-order valence-corrected chi connectivity index (χ2v) is 3.52. The normalized spacial score (nSPS) is 12.6. The minimum Gasteiger partial charge on any atom is -0.464 e. The third-order valence-corrected chi connectivity index (χ3v) is 2.05. The number of aryl methyl sites for hydroxylation is 1. The van der Waals surface area contributed by atoms with Gasteiger partial charge in [0.1, 0.15) is 5.69 Å². The third kappa shape index (κ3) is 2.35. The fourth-order valence-corrected chi connectivity index (χ4v) is 1.35. The monoisotopic (exact) mass is 196 g/mol. The van der Waals surface area contributed by atoms with Crippen LogP contribution in [0.3, 0.4) is 0 Å². The summed E-state index contributed by atoms with van der Waals surface area (Å²) in [5, 5.41) is 0. The van der Waals surface area contributed by atoms with E-state index in [9.17, 15) is 4.79 Å². The fourth-order valence-electron chi connectivity index (χ4n) is 1.35. The standard InChI is InChI=1S/C10H16N2O2/c1-6-4-9(10(13)14-3)12-8(6)5-7(2)11/h4,7,12H,5,11H2,1-3H3. The Balaban J connectivity index is 2.87. The van der Waals surface area contributed by atoms with Gasteiger partial charge < -0.3 is 15.5 Å². The molecule has 0 aliphatic carbocycles. The molecule has 1 aromatic rings. The number of methoxy groups -OCH3 is 1. The summed E-state index contributed by atoms with van der Waals surface area (Å²) >= 11 is 0. The molecule has 0 saturated carbocycles. The van der Waals surface area contributed by atoms with E-state index in [1.807, 2.05) is 13.8 Å². The number of aromatic nitrogens is 1. The summed E-state index contributed by atoms with van der Waals surface area (Å²) in [5.41, 5.74) is 8.21. The van der Waals surface area contributed by atoms with Crippen molar-refractivity contribution in [1.29, 1.82) is 0 Å². The highest BCUT2D eigenvalue weighted by atomic mass is 16.5. The van der Waals surface area contributed by atoms with Gasteiger partial charge in [-0.05, 0) is 25.5 Å². The molecule has 0 fully saturated rings. The maximum Gasteiger partial charge on any atom is 0.354 e. The molecule has 1 atom stereocenters. The van der Waals surface area contributed by atoms with Crippen LogP contribution in [0.1, 0.15) is 28.7 Å². The molecule has 1 rings (SSSR count). The molecule has 0 radical (unpaired) electrons. The summed E-state index contributed by atoms with van der Waals surface area (Å²) < 4.78 is 4.61. The third-order valence-electron chi connectivity index (χ3n) is 2.05. The first-order valence-electron chi connectivity index (χ1n) is 4.57. The van der Waals surface area contributed by atoms with E-state index in [-0.39, 0.29) is 12.0 Å². The smallest absolute Gasteiger partial charge is 0.354 e. The lowest BCUT2D eigenvalue weighted by Crippen LogP contribution is -2.18. The summed E-state index contributed by atoms with van der Waals surface area (Å²) in [5.74, 6) is -0.343. The zero-order valence-electron chi connectivity index (χ0n) is 8.76. The molecule has 0 spiro atoms. The van der Waals surface area contributed by atoms with Crippen molar-refractivity contribution in [2.75, 3.05) is 7.11 Å². The zero-order valence-corrected chi connectivity index (χ0v) is 8.76. The van der Waals surface area contributed by atoms with Gasteiger partial charge in [-0.3, -0.25) is 0 Å². The minimum atomic E-state index is -0.343. The van der Waals surface area contributed by atoms with Gasteiger partial charge in [0.2, 0.25) is 0 Å². The fraction of sp³-hybridized carbons (Fsp3) is 0.500. The van der Waals surface area contributed by atoms with Gasteiger partial charge >= 0.3 is 5.97 Å². The number of hydrogen-bond donors (Lipinski definition) is 2. The number of nitrogens with one attached hydrogen (secondary N) is 1. The van der Waals surface area contributed by atoms with Crippen LogP contribution in [0.4, 0.5) is 0 Å². The van der Waals surface area contributed by atoms with Crippen LogP contribution in [-0.2, 0) is 11.2 Å². The molecule has 1 heterocycles. The first-order valence-corrected chi connectivity index (χ1v) is 4.57. The van der Waals surface area contributed by atoms with Crippen molar-refractivity contribution >= 4 is 5.97 Å². The Labute approximate surface area is 83.4 Å². The molecule has 0 aliphatic heterocycles. The average molecular weight is 196 g/mol. The van der Waals surface area contributed by atoms with Crippen LogP contribution in [0.2, 0.25) is 0 Å². The van der Waals surface area contributed by atoms with Gasteiger partial charge in [0.05, 0.1) is 7.11 Å². The van der Waals surface area contributed by atoms with Crippen molar-refractivity contribution in [2.24, 2.45) is 5.73 Å². The zero-order chi connectivity index (χ0) is 10.7. The van der Waals surface area contributed by atoms with Gasteiger partial charge in [-0.1, -0.05) is 0 Å². The summed E-state index contributed by atoms with van der Waals surface area (Å²) in [6, 6.07) is 1.86. The van der Waals surface area contributed by atoms with E-state index in [1.165, 1.54) is 7.11 Å². The number of hydrogen-bond acceptors (Lipinski definition) is 3. The van der Waals surface area contributed by atoms with Crippen LogP contribution in [0.25, 0.3) is 0 Å². The van der Waals surface area contributed by atoms with E-state index in [1.54, 1.807) is 6.07 Å². The second-order valence-electron chi connectivity index (χ2n) is 3.52. The summed E-state index contributed by atoms with van der Waals surface area (Å²) in [7, 11) is 1.36. The SMILES string of the molecule is COC(=O)c1cc(C)c(CC(C)N)[nH]1. The molecule has 4 heteroatoms. The highest BCUT2D eigenvalue weighted by Gasteiger charge is 2.12. The van der Waals surface area contributed by atoms with Crippen LogP contribution >= 0.6 is 0 Å². The lowest BCUT2D eigenvalue weighted by Gasteiger charge is -2.03. The first kappa shape index (κ1) is 10.8. The molecule has 0 aromatic carbocycles. The number of H-pyrrole nitrogens is 1. The molecular formula is C10H16N2O2. The molecule has 1 aromatic heterocycles. The van der Waals surface area contributed by atoms with Crippen molar-refractivity contribution in [2.45, 2.75) is 26.3 Å². The van der Waals surface area contributed by atoms with Crippen molar-refractivity contribution in [3.63, 3.8) is 0 Å². The Hall–Kier alpha value is -1.29. The molecular weight excluding hydrogens is 180 g/mol. The molecule has 0 aliphatic rings. The maximum atomic E-state index is 11.2. The van der Waals surface area contributed by atoms with Gasteiger partial charge in [0.25, 0.3) is 0 Å². The molecule has 78 valence electrons. The van der Waals surface area contributed by atoms with Crippen molar-refractivity contribution in [3.05, 3.63) is 23.0 Å². The summed E-state index contributed by atoms with van der Waals surface area (Å²) in [6.07, 6.45) is 0.739. The predicted molar refractivity (Wildman–Crippen MR) is 54.2 cm³/mol. The average Bonchev–Trinajstić information content (AvgIpc) is 2.46. The molecule has 14 heavy (non-hydrogen) atoms. The number of esters is 1. The highest BCUT2D eigenvalue weighted by Crippen LogP contribution is 2.12. The Bertz CT molecular complexity index is 329. The number of ether oxygens (including phenoxy) is 1. The van der Waals surface area contributed by atoms with Crippen molar-refractivity contribution < 1.29 is 9.53 Å². The van der Waals surface area contributed by atoms with E-state index >= 15 is 0 Å². The van der Waals surface area contributed by atoms with E-state index in [2.05, 4.69) is 9.72 Å². The summed E-state index contributed by atoms with van der Waals surface area (Å²) in [4.78, 5) is 14.2.